The van der Waals surface area contributed by atoms with E-state index in [-0.39, 0.29) is 11.9 Å². The van der Waals surface area contributed by atoms with E-state index in [1.54, 1.807) is 4.68 Å². The molecule has 3 rings (SSSR count). The highest BCUT2D eigenvalue weighted by Gasteiger charge is 2.28. The summed E-state index contributed by atoms with van der Waals surface area (Å²) >= 11 is 1.36. The number of rotatable bonds is 7. The van der Waals surface area contributed by atoms with Crippen LogP contribution in [0.4, 0.5) is 0 Å². The molecule has 2 aromatic rings. The third-order valence-electron chi connectivity index (χ3n) is 4.30. The van der Waals surface area contributed by atoms with E-state index in [2.05, 4.69) is 53.7 Å². The molecule has 1 saturated carbocycles. The van der Waals surface area contributed by atoms with Crippen molar-refractivity contribution in [3.63, 3.8) is 0 Å². The number of nitrogens with one attached hydrogen (secondary N) is 1. The summed E-state index contributed by atoms with van der Waals surface area (Å²) in [5.74, 6) is 1.49. The molecular formula is C17H23N5OS. The first-order valence-corrected chi connectivity index (χ1v) is 9.34. The maximum absolute atomic E-state index is 12.0. The van der Waals surface area contributed by atoms with E-state index in [0.29, 0.717) is 22.7 Å². The molecule has 128 valence electrons. The zero-order valence-electron chi connectivity index (χ0n) is 14.3. The molecule has 1 amide bonds. The van der Waals surface area contributed by atoms with Crippen molar-refractivity contribution >= 4 is 17.7 Å². The van der Waals surface area contributed by atoms with Gasteiger partial charge in [-0.2, -0.15) is 4.68 Å². The molecule has 0 saturated heterocycles. The third kappa shape index (κ3) is 4.14. The third-order valence-corrected chi connectivity index (χ3v) is 5.21. The Balaban J connectivity index is 1.61. The molecule has 1 aliphatic rings. The van der Waals surface area contributed by atoms with Crippen LogP contribution in [0.1, 0.15) is 45.1 Å². The molecule has 0 spiro atoms. The van der Waals surface area contributed by atoms with Crippen LogP contribution < -0.4 is 5.32 Å². The number of nitrogens with zero attached hydrogens (tertiary/aromatic N) is 4. The van der Waals surface area contributed by atoms with Gasteiger partial charge in [0, 0.05) is 6.04 Å². The van der Waals surface area contributed by atoms with Gasteiger partial charge in [-0.3, -0.25) is 4.79 Å². The van der Waals surface area contributed by atoms with Crippen molar-refractivity contribution in [2.75, 3.05) is 5.75 Å². The van der Waals surface area contributed by atoms with Gasteiger partial charge in [0.1, 0.15) is 0 Å². The summed E-state index contributed by atoms with van der Waals surface area (Å²) in [5.41, 5.74) is 2.17. The number of amides is 1. The van der Waals surface area contributed by atoms with Crippen molar-refractivity contribution < 1.29 is 4.79 Å². The Morgan fingerprint density at radius 1 is 1.29 bits per heavy atom. The van der Waals surface area contributed by atoms with Crippen LogP contribution in [0.25, 0.3) is 5.69 Å². The summed E-state index contributed by atoms with van der Waals surface area (Å²) < 4.78 is 1.67. The Morgan fingerprint density at radius 3 is 2.62 bits per heavy atom. The van der Waals surface area contributed by atoms with E-state index >= 15 is 0 Å². The summed E-state index contributed by atoms with van der Waals surface area (Å²) in [5, 5.41) is 15.5. The average Bonchev–Trinajstić information content (AvgIpc) is 3.32. The predicted octanol–water partition coefficient (Wildman–Crippen LogP) is 2.79. The van der Waals surface area contributed by atoms with Crippen LogP contribution in [0.5, 0.6) is 0 Å². The highest BCUT2D eigenvalue weighted by Crippen LogP contribution is 2.32. The summed E-state index contributed by atoms with van der Waals surface area (Å²) in [6, 6.07) is 8.44. The minimum absolute atomic E-state index is 0.0316. The lowest BCUT2D eigenvalue weighted by molar-refractivity contribution is -0.119. The Hall–Kier alpha value is -1.89. The molecule has 7 heteroatoms. The van der Waals surface area contributed by atoms with Crippen LogP contribution in [0.15, 0.2) is 29.4 Å². The van der Waals surface area contributed by atoms with Gasteiger partial charge in [0.05, 0.1) is 11.4 Å². The van der Waals surface area contributed by atoms with Crippen molar-refractivity contribution in [1.82, 2.24) is 25.5 Å². The van der Waals surface area contributed by atoms with Gasteiger partial charge in [0.15, 0.2) is 0 Å². The van der Waals surface area contributed by atoms with Gasteiger partial charge >= 0.3 is 0 Å². The second kappa shape index (κ2) is 7.34. The molecule has 24 heavy (non-hydrogen) atoms. The largest absolute Gasteiger partial charge is 0.353 e. The Bertz CT molecular complexity index is 693. The van der Waals surface area contributed by atoms with Gasteiger partial charge < -0.3 is 5.32 Å². The van der Waals surface area contributed by atoms with Crippen molar-refractivity contribution in [2.24, 2.45) is 5.92 Å². The normalized spacial score (nSPS) is 15.5. The summed E-state index contributed by atoms with van der Waals surface area (Å²) in [4.78, 5) is 12.0. The van der Waals surface area contributed by atoms with Gasteiger partial charge in [0.25, 0.3) is 0 Å². The minimum atomic E-state index is 0.0316. The molecule has 0 bridgehead atoms. The quantitative estimate of drug-likeness (QED) is 0.781. The van der Waals surface area contributed by atoms with Crippen LogP contribution in [-0.2, 0) is 4.79 Å². The number of aromatic nitrogens is 4. The highest BCUT2D eigenvalue weighted by molar-refractivity contribution is 7.99. The van der Waals surface area contributed by atoms with Crippen LogP contribution in [0, 0.1) is 5.92 Å². The molecule has 1 unspecified atom stereocenters. The number of thioether (sulfide) groups is 1. The van der Waals surface area contributed by atoms with E-state index in [9.17, 15) is 4.79 Å². The number of hydrogen-bond acceptors (Lipinski definition) is 5. The standard InChI is InChI=1S/C17H23N5OS/c1-11(2)13-6-8-15(9-7-13)22-17(19-20-21-22)24-10-16(23)18-12(3)14-4-5-14/h6-9,11-12,14H,4-5,10H2,1-3H3,(H,18,23). The number of carbonyl (C=O) groups excluding carboxylic acids is 1. The second-order valence-electron chi connectivity index (χ2n) is 6.60. The molecule has 1 heterocycles. The first-order valence-electron chi connectivity index (χ1n) is 8.35. The number of tetrazole rings is 1. The Kier molecular flexibility index (Phi) is 5.18. The Morgan fingerprint density at radius 2 is 2.00 bits per heavy atom. The van der Waals surface area contributed by atoms with Crippen molar-refractivity contribution in [1.29, 1.82) is 0 Å². The maximum atomic E-state index is 12.0. The van der Waals surface area contributed by atoms with Crippen LogP contribution in [0.2, 0.25) is 0 Å². The van der Waals surface area contributed by atoms with Crippen LogP contribution in [0.3, 0.4) is 0 Å². The maximum Gasteiger partial charge on any atom is 0.230 e. The minimum Gasteiger partial charge on any atom is -0.353 e. The first-order chi connectivity index (χ1) is 11.5. The number of carbonyl (C=O) groups is 1. The predicted molar refractivity (Wildman–Crippen MR) is 94.3 cm³/mol. The molecule has 1 aromatic heterocycles. The van der Waals surface area contributed by atoms with Crippen LogP contribution >= 0.6 is 11.8 Å². The first kappa shape index (κ1) is 17.0. The fourth-order valence-corrected chi connectivity index (χ4v) is 3.27. The van der Waals surface area contributed by atoms with E-state index < -0.39 is 0 Å². The second-order valence-corrected chi connectivity index (χ2v) is 7.54. The lowest BCUT2D eigenvalue weighted by atomic mass is 10.0. The van der Waals surface area contributed by atoms with Gasteiger partial charge in [0.2, 0.25) is 11.1 Å². The zero-order chi connectivity index (χ0) is 17.1. The van der Waals surface area contributed by atoms with Gasteiger partial charge in [-0.25, -0.2) is 0 Å². The molecule has 1 atom stereocenters. The molecular weight excluding hydrogens is 322 g/mol. The van der Waals surface area contributed by atoms with Crippen molar-refractivity contribution in [3.05, 3.63) is 29.8 Å². The SMILES string of the molecule is CC(C)c1ccc(-n2nnnc2SCC(=O)NC(C)C2CC2)cc1. The molecule has 1 N–H and O–H groups in total. The Labute approximate surface area is 146 Å². The lowest BCUT2D eigenvalue weighted by Crippen LogP contribution is -2.35. The van der Waals surface area contributed by atoms with E-state index in [1.807, 2.05) is 12.1 Å². The highest BCUT2D eigenvalue weighted by atomic mass is 32.2. The van der Waals surface area contributed by atoms with E-state index in [0.717, 1.165) is 5.69 Å². The van der Waals surface area contributed by atoms with Crippen molar-refractivity contribution in [2.45, 2.75) is 50.7 Å². The molecule has 0 radical (unpaired) electrons. The summed E-state index contributed by atoms with van der Waals surface area (Å²) in [6.45, 7) is 6.39. The average molecular weight is 345 g/mol. The van der Waals surface area contributed by atoms with Gasteiger partial charge in [-0.1, -0.05) is 37.7 Å². The van der Waals surface area contributed by atoms with Gasteiger partial charge in [-0.15, -0.1) is 5.10 Å². The fraction of sp³-hybridized carbons (Fsp3) is 0.529. The van der Waals surface area contributed by atoms with E-state index in [1.165, 1.54) is 30.2 Å². The smallest absolute Gasteiger partial charge is 0.230 e. The molecule has 1 fully saturated rings. The monoisotopic (exact) mass is 345 g/mol. The number of benzene rings is 1. The fourth-order valence-electron chi connectivity index (χ4n) is 2.57. The molecule has 6 nitrogen and oxygen atoms in total. The molecule has 0 aliphatic heterocycles. The zero-order valence-corrected chi connectivity index (χ0v) is 15.1. The van der Waals surface area contributed by atoms with Crippen LogP contribution in [-0.4, -0.2) is 37.9 Å². The molecule has 1 aliphatic carbocycles. The number of hydrogen-bond donors (Lipinski definition) is 1. The summed E-state index contributed by atoms with van der Waals surface area (Å²) in [7, 11) is 0. The topological polar surface area (TPSA) is 72.7 Å². The van der Waals surface area contributed by atoms with E-state index in [4.69, 9.17) is 0 Å². The molecule has 1 aromatic carbocycles. The van der Waals surface area contributed by atoms with Gasteiger partial charge in [-0.05, 0) is 59.7 Å². The summed E-state index contributed by atoms with van der Waals surface area (Å²) in [6.07, 6.45) is 2.44. The lowest BCUT2D eigenvalue weighted by Gasteiger charge is -2.12. The van der Waals surface area contributed by atoms with Crippen molar-refractivity contribution in [3.8, 4) is 5.69 Å².